The number of nitrogens with one attached hydrogen (secondary N) is 1. The molecule has 0 saturated carbocycles. The van der Waals surface area contributed by atoms with E-state index in [1.807, 2.05) is 0 Å². The molecule has 0 amide bonds. The highest BCUT2D eigenvalue weighted by Crippen LogP contribution is 2.32. The summed E-state index contributed by atoms with van der Waals surface area (Å²) in [7, 11) is 0. The Morgan fingerprint density at radius 1 is 1.35 bits per heavy atom. The largest absolute Gasteiger partial charge is 0.355 e. The van der Waals surface area contributed by atoms with Gasteiger partial charge in [-0.05, 0) is 39.0 Å². The number of hydrogen-bond acceptors (Lipinski definition) is 3. The molecule has 0 radical (unpaired) electrons. The second kappa shape index (κ2) is 4.70. The summed E-state index contributed by atoms with van der Waals surface area (Å²) in [6, 6.07) is 3.81. The first kappa shape index (κ1) is 12.4. The van der Waals surface area contributed by atoms with Crippen molar-refractivity contribution >= 4 is 0 Å². The average molecular weight is 233 g/mol. The molecule has 0 aromatic heterocycles. The Hall–Kier alpha value is -1.01. The molecule has 17 heavy (non-hydrogen) atoms. The molecule has 0 aliphatic carbocycles. The van der Waals surface area contributed by atoms with Gasteiger partial charge >= 0.3 is 0 Å². The Morgan fingerprint density at radius 3 is 2.59 bits per heavy atom. The lowest BCUT2D eigenvalue weighted by molar-refractivity contribution is 0.276. The standard InChI is InChI=1S/C14H23N3/c1-9-7-14(16-11(9)3)12(4)17-10(2)5-6-13(17)8-15/h9-11,13-14,16H,4-7H2,1-3H3/t9-,10?,11-,13-,14-/m0/s1. The Morgan fingerprint density at radius 2 is 2.06 bits per heavy atom. The van der Waals surface area contributed by atoms with Crippen molar-refractivity contribution in [3.63, 3.8) is 0 Å². The smallest absolute Gasteiger partial charge is 0.117 e. The molecule has 2 heterocycles. The molecule has 1 unspecified atom stereocenters. The van der Waals surface area contributed by atoms with Gasteiger partial charge in [0.15, 0.2) is 0 Å². The van der Waals surface area contributed by atoms with Gasteiger partial charge in [-0.25, -0.2) is 0 Å². The molecule has 2 saturated heterocycles. The molecule has 3 heteroatoms. The summed E-state index contributed by atoms with van der Waals surface area (Å²) >= 11 is 0. The van der Waals surface area contributed by atoms with Crippen molar-refractivity contribution in [3.05, 3.63) is 12.3 Å². The first-order chi connectivity index (χ1) is 8.04. The predicted molar refractivity (Wildman–Crippen MR) is 69.2 cm³/mol. The first-order valence-electron chi connectivity index (χ1n) is 6.67. The maximum absolute atomic E-state index is 9.20. The van der Waals surface area contributed by atoms with Crippen LogP contribution in [0.5, 0.6) is 0 Å². The molecule has 2 rings (SSSR count). The third kappa shape index (κ3) is 2.19. The molecule has 0 bridgehead atoms. The summed E-state index contributed by atoms with van der Waals surface area (Å²) in [5, 5.41) is 12.8. The van der Waals surface area contributed by atoms with Gasteiger partial charge in [-0.15, -0.1) is 0 Å². The van der Waals surface area contributed by atoms with Crippen LogP contribution in [0.4, 0.5) is 0 Å². The van der Waals surface area contributed by atoms with Gasteiger partial charge < -0.3 is 10.2 Å². The Bertz CT molecular complexity index is 334. The van der Waals surface area contributed by atoms with E-state index in [1.54, 1.807) is 0 Å². The molecule has 94 valence electrons. The lowest BCUT2D eigenvalue weighted by atomic mass is 10.0. The normalized spacial score (nSPS) is 41.5. The van der Waals surface area contributed by atoms with Crippen molar-refractivity contribution in [1.82, 2.24) is 10.2 Å². The van der Waals surface area contributed by atoms with Gasteiger partial charge in [0.2, 0.25) is 0 Å². The van der Waals surface area contributed by atoms with E-state index < -0.39 is 0 Å². The van der Waals surface area contributed by atoms with Crippen LogP contribution in [0, 0.1) is 17.2 Å². The molecule has 1 N–H and O–H groups in total. The van der Waals surface area contributed by atoms with Crippen molar-refractivity contribution in [2.45, 2.75) is 64.2 Å². The molecule has 3 nitrogen and oxygen atoms in total. The third-order valence-corrected chi connectivity index (χ3v) is 4.48. The first-order valence-corrected chi connectivity index (χ1v) is 6.67. The monoisotopic (exact) mass is 233 g/mol. The van der Waals surface area contributed by atoms with E-state index in [1.165, 1.54) is 0 Å². The molecule has 2 aliphatic heterocycles. The fraction of sp³-hybridized carbons (Fsp3) is 0.786. The highest BCUT2D eigenvalue weighted by molar-refractivity contribution is 5.16. The minimum Gasteiger partial charge on any atom is -0.355 e. The van der Waals surface area contributed by atoms with E-state index >= 15 is 0 Å². The molecular weight excluding hydrogens is 210 g/mol. The topological polar surface area (TPSA) is 39.1 Å². The SMILES string of the molecule is C=C([C@@H]1C[C@H](C)[C@H](C)N1)N1C(C)CC[C@H]1C#N. The lowest BCUT2D eigenvalue weighted by Gasteiger charge is -2.32. The second-order valence-electron chi connectivity index (χ2n) is 5.69. The summed E-state index contributed by atoms with van der Waals surface area (Å²) in [6.07, 6.45) is 3.23. The summed E-state index contributed by atoms with van der Waals surface area (Å²) in [5.41, 5.74) is 1.12. The number of rotatable bonds is 2. The minimum atomic E-state index is 0.0329. The van der Waals surface area contributed by atoms with Crippen LogP contribution in [0.2, 0.25) is 0 Å². The van der Waals surface area contributed by atoms with Crippen LogP contribution in [0.1, 0.15) is 40.0 Å². The highest BCUT2D eigenvalue weighted by atomic mass is 15.2. The number of hydrogen-bond donors (Lipinski definition) is 1. The fourth-order valence-corrected chi connectivity index (χ4v) is 3.13. The summed E-state index contributed by atoms with van der Waals surface area (Å²) in [5.74, 6) is 0.690. The summed E-state index contributed by atoms with van der Waals surface area (Å²) in [4.78, 5) is 2.24. The average Bonchev–Trinajstić information content (AvgIpc) is 2.82. The number of likely N-dealkylation sites (tertiary alicyclic amines) is 1. The van der Waals surface area contributed by atoms with Crippen LogP contribution in [0.25, 0.3) is 0 Å². The maximum Gasteiger partial charge on any atom is 0.117 e. The summed E-state index contributed by atoms with van der Waals surface area (Å²) in [6.45, 7) is 11.0. The second-order valence-corrected chi connectivity index (χ2v) is 5.69. The van der Waals surface area contributed by atoms with Crippen LogP contribution in [-0.4, -0.2) is 29.1 Å². The van der Waals surface area contributed by atoms with Gasteiger partial charge in [0.05, 0.1) is 6.07 Å². The summed E-state index contributed by atoms with van der Waals surface area (Å²) < 4.78 is 0. The molecule has 2 aliphatic rings. The number of nitrogens with zero attached hydrogens (tertiary/aromatic N) is 2. The van der Waals surface area contributed by atoms with Crippen molar-refractivity contribution in [2.75, 3.05) is 0 Å². The Kier molecular flexibility index (Phi) is 3.44. The Balaban J connectivity index is 2.07. The van der Waals surface area contributed by atoms with Crippen LogP contribution >= 0.6 is 0 Å². The van der Waals surface area contributed by atoms with E-state index in [9.17, 15) is 5.26 Å². The van der Waals surface area contributed by atoms with Crippen LogP contribution in [-0.2, 0) is 0 Å². The van der Waals surface area contributed by atoms with Gasteiger partial charge in [-0.1, -0.05) is 13.5 Å². The maximum atomic E-state index is 9.20. The van der Waals surface area contributed by atoms with Crippen molar-refractivity contribution in [1.29, 1.82) is 5.26 Å². The molecule has 0 spiro atoms. The van der Waals surface area contributed by atoms with Gasteiger partial charge in [0.1, 0.15) is 6.04 Å². The zero-order chi connectivity index (χ0) is 12.6. The van der Waals surface area contributed by atoms with Crippen LogP contribution < -0.4 is 5.32 Å². The van der Waals surface area contributed by atoms with Crippen molar-refractivity contribution in [2.24, 2.45) is 5.92 Å². The quantitative estimate of drug-likeness (QED) is 0.795. The van der Waals surface area contributed by atoms with Crippen molar-refractivity contribution < 1.29 is 0 Å². The molecular formula is C14H23N3. The van der Waals surface area contributed by atoms with Gasteiger partial charge in [-0.2, -0.15) is 5.26 Å². The van der Waals surface area contributed by atoms with Gasteiger partial charge in [-0.3, -0.25) is 0 Å². The highest BCUT2D eigenvalue weighted by Gasteiger charge is 2.37. The van der Waals surface area contributed by atoms with E-state index in [2.05, 4.69) is 43.6 Å². The van der Waals surface area contributed by atoms with Gasteiger partial charge in [0.25, 0.3) is 0 Å². The van der Waals surface area contributed by atoms with Crippen LogP contribution in [0.3, 0.4) is 0 Å². The predicted octanol–water partition coefficient (Wildman–Crippen LogP) is 2.26. The minimum absolute atomic E-state index is 0.0329. The van der Waals surface area contributed by atoms with Crippen molar-refractivity contribution in [3.8, 4) is 6.07 Å². The van der Waals surface area contributed by atoms with Crippen LogP contribution in [0.15, 0.2) is 12.3 Å². The zero-order valence-corrected chi connectivity index (χ0v) is 11.1. The molecule has 0 aromatic rings. The molecule has 5 atom stereocenters. The number of nitriles is 1. The van der Waals surface area contributed by atoms with E-state index in [-0.39, 0.29) is 6.04 Å². The van der Waals surface area contributed by atoms with Gasteiger partial charge in [0, 0.05) is 23.8 Å². The molecule has 0 aromatic carbocycles. The molecule has 2 fully saturated rings. The lowest BCUT2D eigenvalue weighted by Crippen LogP contribution is -2.41. The van der Waals surface area contributed by atoms with E-state index in [4.69, 9.17) is 0 Å². The van der Waals surface area contributed by atoms with E-state index in [0.717, 1.165) is 25.0 Å². The zero-order valence-electron chi connectivity index (χ0n) is 11.1. The fourth-order valence-electron chi connectivity index (χ4n) is 3.13. The Labute approximate surface area is 104 Å². The van der Waals surface area contributed by atoms with E-state index in [0.29, 0.717) is 24.0 Å². The third-order valence-electron chi connectivity index (χ3n) is 4.48.